The number of nitrogens with zero attached hydrogens (tertiary/aromatic N) is 4. The topological polar surface area (TPSA) is 64.9 Å². The van der Waals surface area contributed by atoms with E-state index >= 15 is 0 Å². The molecule has 0 aliphatic carbocycles. The van der Waals surface area contributed by atoms with Gasteiger partial charge in [0.25, 0.3) is 0 Å². The second-order valence-corrected chi connectivity index (χ2v) is 3.99. The number of aryl methyl sites for hydroxylation is 2. The molecule has 2 rings (SSSR count). The van der Waals surface area contributed by atoms with Crippen LogP contribution in [0.25, 0.3) is 0 Å². The van der Waals surface area contributed by atoms with Crippen molar-refractivity contribution < 1.29 is 4.74 Å². The molecule has 0 amide bonds. The Bertz CT molecular complexity index is 523. The molecular weight excluding hydrogens is 230 g/mol. The number of anilines is 2. The summed E-state index contributed by atoms with van der Waals surface area (Å²) < 4.78 is 7.20. The van der Waals surface area contributed by atoms with Crippen LogP contribution in [-0.2, 0) is 7.05 Å². The minimum Gasteiger partial charge on any atom is -0.478 e. The van der Waals surface area contributed by atoms with E-state index in [2.05, 4.69) is 27.3 Å². The molecule has 0 saturated carbocycles. The predicted molar refractivity (Wildman–Crippen MR) is 69.0 cm³/mol. The summed E-state index contributed by atoms with van der Waals surface area (Å²) in [5.74, 6) is 1.09. The first-order chi connectivity index (χ1) is 8.69. The van der Waals surface area contributed by atoms with E-state index in [0.717, 1.165) is 17.8 Å². The van der Waals surface area contributed by atoms with Gasteiger partial charge >= 0.3 is 0 Å². The van der Waals surface area contributed by atoms with Gasteiger partial charge in [-0.15, -0.1) is 0 Å². The summed E-state index contributed by atoms with van der Waals surface area (Å²) in [6.45, 7) is 4.64. The number of hydrogen-bond donors (Lipinski definition) is 1. The molecule has 0 spiro atoms. The van der Waals surface area contributed by atoms with Crippen LogP contribution in [0, 0.1) is 6.92 Å². The van der Waals surface area contributed by atoms with Crippen molar-refractivity contribution in [2.24, 2.45) is 7.05 Å². The van der Waals surface area contributed by atoms with Gasteiger partial charge in [-0.05, 0) is 13.3 Å². The first kappa shape index (κ1) is 12.3. The van der Waals surface area contributed by atoms with Crippen LogP contribution in [0.15, 0.2) is 18.5 Å². The maximum Gasteiger partial charge on any atom is 0.230 e. The fraction of sp³-hybridized carbons (Fsp3) is 0.417. The highest BCUT2D eigenvalue weighted by atomic mass is 16.5. The van der Waals surface area contributed by atoms with Gasteiger partial charge in [-0.25, -0.2) is 4.98 Å². The average Bonchev–Trinajstić information content (AvgIpc) is 2.66. The van der Waals surface area contributed by atoms with E-state index < -0.39 is 0 Å². The van der Waals surface area contributed by atoms with E-state index in [1.807, 2.05) is 20.2 Å². The standard InChI is InChI=1S/C12H17N5O/c1-4-7-18-11-5-6-13-12(15-11)14-10-8-17(3)16-9(10)2/h5-6,8H,4,7H2,1-3H3,(H,13,14,15). The Labute approximate surface area is 106 Å². The zero-order chi connectivity index (χ0) is 13.0. The average molecular weight is 247 g/mol. The Kier molecular flexibility index (Phi) is 3.76. The summed E-state index contributed by atoms with van der Waals surface area (Å²) in [5, 5.41) is 7.37. The summed E-state index contributed by atoms with van der Waals surface area (Å²) in [6.07, 6.45) is 4.51. The molecule has 96 valence electrons. The fourth-order valence-corrected chi connectivity index (χ4v) is 1.53. The van der Waals surface area contributed by atoms with Crippen LogP contribution < -0.4 is 10.1 Å². The van der Waals surface area contributed by atoms with Crippen LogP contribution in [0.2, 0.25) is 0 Å². The molecule has 0 aliphatic heterocycles. The van der Waals surface area contributed by atoms with Crippen LogP contribution in [0.5, 0.6) is 5.88 Å². The van der Waals surface area contributed by atoms with Gasteiger partial charge in [-0.2, -0.15) is 10.1 Å². The summed E-state index contributed by atoms with van der Waals surface area (Å²) >= 11 is 0. The SMILES string of the molecule is CCCOc1ccnc(Nc2cn(C)nc2C)n1. The number of rotatable bonds is 5. The molecule has 2 aromatic heterocycles. The quantitative estimate of drug-likeness (QED) is 0.876. The smallest absolute Gasteiger partial charge is 0.230 e. The van der Waals surface area contributed by atoms with Crippen molar-refractivity contribution in [2.75, 3.05) is 11.9 Å². The van der Waals surface area contributed by atoms with Crippen molar-refractivity contribution in [2.45, 2.75) is 20.3 Å². The molecule has 0 radical (unpaired) electrons. The predicted octanol–water partition coefficient (Wildman–Crippen LogP) is 2.05. The normalized spacial score (nSPS) is 10.4. The van der Waals surface area contributed by atoms with E-state index in [4.69, 9.17) is 4.74 Å². The zero-order valence-corrected chi connectivity index (χ0v) is 10.8. The molecule has 1 N–H and O–H groups in total. The molecule has 2 heterocycles. The summed E-state index contributed by atoms with van der Waals surface area (Å²) in [5.41, 5.74) is 1.80. The molecule has 2 aromatic rings. The number of hydrogen-bond acceptors (Lipinski definition) is 5. The maximum absolute atomic E-state index is 5.46. The van der Waals surface area contributed by atoms with E-state index in [-0.39, 0.29) is 0 Å². The highest BCUT2D eigenvalue weighted by Gasteiger charge is 2.05. The van der Waals surface area contributed by atoms with Crippen molar-refractivity contribution in [3.05, 3.63) is 24.2 Å². The lowest BCUT2D eigenvalue weighted by atomic mass is 10.4. The van der Waals surface area contributed by atoms with Gasteiger partial charge in [0.2, 0.25) is 11.8 Å². The summed E-state index contributed by atoms with van der Waals surface area (Å²) in [6, 6.07) is 1.75. The third kappa shape index (κ3) is 2.97. The van der Waals surface area contributed by atoms with Crippen LogP contribution >= 0.6 is 0 Å². The lowest BCUT2D eigenvalue weighted by Gasteiger charge is -2.06. The van der Waals surface area contributed by atoms with Crippen LogP contribution in [0.4, 0.5) is 11.6 Å². The second kappa shape index (κ2) is 5.48. The maximum atomic E-state index is 5.46. The molecule has 0 aliphatic rings. The van der Waals surface area contributed by atoms with Crippen LogP contribution in [0.1, 0.15) is 19.0 Å². The monoisotopic (exact) mass is 247 g/mol. The molecule has 0 unspecified atom stereocenters. The van der Waals surface area contributed by atoms with E-state index in [1.54, 1.807) is 16.9 Å². The van der Waals surface area contributed by atoms with Crippen LogP contribution in [-0.4, -0.2) is 26.4 Å². The first-order valence-corrected chi connectivity index (χ1v) is 5.92. The van der Waals surface area contributed by atoms with Gasteiger partial charge in [0.15, 0.2) is 0 Å². The molecular formula is C12H17N5O. The highest BCUT2D eigenvalue weighted by Crippen LogP contribution is 2.17. The molecule has 0 saturated heterocycles. The number of aromatic nitrogens is 4. The first-order valence-electron chi connectivity index (χ1n) is 5.92. The van der Waals surface area contributed by atoms with E-state index in [9.17, 15) is 0 Å². The third-order valence-electron chi connectivity index (χ3n) is 2.34. The Morgan fingerprint density at radius 2 is 2.28 bits per heavy atom. The number of nitrogens with one attached hydrogen (secondary N) is 1. The minimum atomic E-state index is 0.514. The Balaban J connectivity index is 2.11. The van der Waals surface area contributed by atoms with Gasteiger partial charge in [0.1, 0.15) is 0 Å². The Morgan fingerprint density at radius 3 is 2.94 bits per heavy atom. The lowest BCUT2D eigenvalue weighted by molar-refractivity contribution is 0.305. The van der Waals surface area contributed by atoms with Gasteiger partial charge in [-0.1, -0.05) is 6.92 Å². The molecule has 0 bridgehead atoms. The summed E-state index contributed by atoms with van der Waals surface area (Å²) in [4.78, 5) is 8.43. The molecule has 0 fully saturated rings. The zero-order valence-electron chi connectivity index (χ0n) is 10.8. The highest BCUT2D eigenvalue weighted by molar-refractivity contribution is 5.54. The minimum absolute atomic E-state index is 0.514. The fourth-order valence-electron chi connectivity index (χ4n) is 1.53. The second-order valence-electron chi connectivity index (χ2n) is 3.99. The Morgan fingerprint density at radius 1 is 1.44 bits per heavy atom. The molecule has 0 atom stereocenters. The van der Waals surface area contributed by atoms with Crippen LogP contribution in [0.3, 0.4) is 0 Å². The lowest BCUT2D eigenvalue weighted by Crippen LogP contribution is -2.01. The van der Waals surface area contributed by atoms with Crippen molar-refractivity contribution in [1.82, 2.24) is 19.7 Å². The van der Waals surface area contributed by atoms with Crippen molar-refractivity contribution in [3.63, 3.8) is 0 Å². The molecule has 6 nitrogen and oxygen atoms in total. The molecule has 0 aromatic carbocycles. The van der Waals surface area contributed by atoms with E-state index in [0.29, 0.717) is 18.4 Å². The van der Waals surface area contributed by atoms with Crippen molar-refractivity contribution in [1.29, 1.82) is 0 Å². The van der Waals surface area contributed by atoms with Crippen molar-refractivity contribution >= 4 is 11.6 Å². The van der Waals surface area contributed by atoms with Gasteiger partial charge in [0.05, 0.1) is 18.0 Å². The third-order valence-corrected chi connectivity index (χ3v) is 2.34. The van der Waals surface area contributed by atoms with Gasteiger partial charge < -0.3 is 10.1 Å². The summed E-state index contributed by atoms with van der Waals surface area (Å²) in [7, 11) is 1.87. The van der Waals surface area contributed by atoms with Gasteiger partial charge in [-0.3, -0.25) is 4.68 Å². The largest absolute Gasteiger partial charge is 0.478 e. The van der Waals surface area contributed by atoms with E-state index in [1.165, 1.54) is 0 Å². The molecule has 18 heavy (non-hydrogen) atoms. The number of ether oxygens (including phenoxy) is 1. The Hall–Kier alpha value is -2.11. The van der Waals surface area contributed by atoms with Gasteiger partial charge in [0, 0.05) is 25.5 Å². The molecule has 6 heteroatoms. The van der Waals surface area contributed by atoms with Crippen molar-refractivity contribution in [3.8, 4) is 5.88 Å².